The third-order valence-electron chi connectivity index (χ3n) is 4.26. The molecule has 8 nitrogen and oxygen atoms in total. The number of nitrogens with zero attached hydrogens (tertiary/aromatic N) is 2. The van der Waals surface area contributed by atoms with E-state index >= 15 is 0 Å². The first-order valence-electron chi connectivity index (χ1n) is 7.81. The molecule has 25 heavy (non-hydrogen) atoms. The van der Waals surface area contributed by atoms with Crippen LogP contribution in [0.2, 0.25) is 0 Å². The summed E-state index contributed by atoms with van der Waals surface area (Å²) in [6.07, 6.45) is -0.520. The minimum absolute atomic E-state index is 0.105. The number of benzene rings is 1. The van der Waals surface area contributed by atoms with Gasteiger partial charge in [-0.1, -0.05) is 12.1 Å². The van der Waals surface area contributed by atoms with Crippen molar-refractivity contribution in [3.63, 3.8) is 0 Å². The quantitative estimate of drug-likeness (QED) is 0.649. The number of aliphatic hydroxyl groups excluding tert-OH is 2. The fourth-order valence-corrected chi connectivity index (χ4v) is 2.98. The molecule has 3 aromatic rings. The Balaban J connectivity index is 1.74. The van der Waals surface area contributed by atoms with Crippen LogP contribution in [0.3, 0.4) is 0 Å². The van der Waals surface area contributed by atoms with E-state index in [1.165, 1.54) is 4.57 Å². The van der Waals surface area contributed by atoms with Crippen molar-refractivity contribution in [1.82, 2.24) is 9.55 Å². The predicted molar refractivity (Wildman–Crippen MR) is 87.0 cm³/mol. The maximum atomic E-state index is 12.2. The molecule has 3 heterocycles. The molecular formula is C17H16N2O6. The molecule has 1 fully saturated rings. The monoisotopic (exact) mass is 344 g/mol. The molecule has 2 aromatic heterocycles. The minimum Gasteiger partial charge on any atom is -0.508 e. The largest absolute Gasteiger partial charge is 0.508 e. The van der Waals surface area contributed by atoms with Gasteiger partial charge in [-0.05, 0) is 18.2 Å². The van der Waals surface area contributed by atoms with Crippen LogP contribution in [-0.2, 0) is 4.74 Å². The molecule has 1 aromatic carbocycles. The summed E-state index contributed by atoms with van der Waals surface area (Å²) in [5, 5.41) is 29.2. The number of phenols is 1. The maximum Gasteiger partial charge on any atom is 0.353 e. The number of fused-ring (bicyclic) bond motifs is 1. The van der Waals surface area contributed by atoms with Crippen molar-refractivity contribution >= 4 is 11.1 Å². The van der Waals surface area contributed by atoms with Gasteiger partial charge < -0.3 is 24.5 Å². The van der Waals surface area contributed by atoms with Crippen molar-refractivity contribution < 1.29 is 24.5 Å². The lowest BCUT2D eigenvalue weighted by Crippen LogP contribution is -2.27. The third-order valence-corrected chi connectivity index (χ3v) is 4.26. The highest BCUT2D eigenvalue weighted by molar-refractivity contribution is 5.79. The Morgan fingerprint density at radius 1 is 1.32 bits per heavy atom. The van der Waals surface area contributed by atoms with Crippen molar-refractivity contribution in [3.05, 3.63) is 47.0 Å². The van der Waals surface area contributed by atoms with Crippen LogP contribution in [0.5, 0.6) is 5.75 Å². The smallest absolute Gasteiger partial charge is 0.353 e. The normalized spacial score (nSPS) is 23.4. The first-order valence-corrected chi connectivity index (χ1v) is 7.81. The number of phenolic OH excluding ortho intramolecular Hbond substituents is 1. The molecule has 0 unspecified atom stereocenters. The number of ether oxygens (including phenoxy) is 1. The molecule has 1 saturated heterocycles. The van der Waals surface area contributed by atoms with Gasteiger partial charge in [-0.3, -0.25) is 4.57 Å². The van der Waals surface area contributed by atoms with Gasteiger partial charge in [0.2, 0.25) is 5.71 Å². The minimum atomic E-state index is -0.843. The summed E-state index contributed by atoms with van der Waals surface area (Å²) in [5.41, 5.74) is 0.266. The van der Waals surface area contributed by atoms with Gasteiger partial charge in [-0.15, -0.1) is 0 Å². The summed E-state index contributed by atoms with van der Waals surface area (Å²) in [6, 6.07) is 8.27. The predicted octanol–water partition coefficient (Wildman–Crippen LogP) is 1.00. The molecule has 3 N–H and O–H groups in total. The fraction of sp³-hybridized carbons (Fsp3) is 0.294. The van der Waals surface area contributed by atoms with Gasteiger partial charge in [0.25, 0.3) is 0 Å². The first-order chi connectivity index (χ1) is 12.0. The average molecular weight is 344 g/mol. The summed E-state index contributed by atoms with van der Waals surface area (Å²) < 4.78 is 12.4. The van der Waals surface area contributed by atoms with Crippen molar-refractivity contribution in [2.75, 3.05) is 6.61 Å². The number of rotatable bonds is 3. The third kappa shape index (κ3) is 2.80. The maximum absolute atomic E-state index is 12.2. The van der Waals surface area contributed by atoms with Gasteiger partial charge in [0.1, 0.15) is 23.8 Å². The summed E-state index contributed by atoms with van der Waals surface area (Å²) in [6.45, 7) is -0.324. The Morgan fingerprint density at radius 2 is 2.16 bits per heavy atom. The van der Waals surface area contributed by atoms with Gasteiger partial charge in [0.05, 0.1) is 18.1 Å². The molecule has 0 aliphatic carbocycles. The molecule has 0 amide bonds. The highest BCUT2D eigenvalue weighted by Gasteiger charge is 2.35. The summed E-state index contributed by atoms with van der Waals surface area (Å²) in [5.74, 6) is 0.574. The van der Waals surface area contributed by atoms with E-state index < -0.39 is 24.1 Å². The highest BCUT2D eigenvalue weighted by atomic mass is 16.5. The number of furan rings is 1. The Morgan fingerprint density at radius 3 is 2.88 bits per heavy atom. The second-order valence-corrected chi connectivity index (χ2v) is 5.97. The lowest BCUT2D eigenvalue weighted by atomic mass is 10.1. The van der Waals surface area contributed by atoms with E-state index in [9.17, 15) is 20.1 Å². The van der Waals surface area contributed by atoms with Gasteiger partial charge in [0.15, 0.2) is 0 Å². The number of aromatic hydroxyl groups is 1. The molecular weight excluding hydrogens is 328 g/mol. The van der Waals surface area contributed by atoms with E-state index in [0.29, 0.717) is 16.7 Å². The molecule has 0 radical (unpaired) electrons. The zero-order chi connectivity index (χ0) is 17.6. The second kappa shape index (κ2) is 5.99. The van der Waals surface area contributed by atoms with Crippen molar-refractivity contribution in [3.8, 4) is 17.1 Å². The van der Waals surface area contributed by atoms with Crippen molar-refractivity contribution in [1.29, 1.82) is 0 Å². The zero-order valence-corrected chi connectivity index (χ0v) is 13.1. The summed E-state index contributed by atoms with van der Waals surface area (Å²) in [7, 11) is 0. The average Bonchev–Trinajstić information content (AvgIpc) is 3.16. The Hall–Kier alpha value is -2.68. The van der Waals surface area contributed by atoms with Crippen LogP contribution < -0.4 is 5.69 Å². The van der Waals surface area contributed by atoms with Gasteiger partial charge in [0, 0.05) is 18.2 Å². The molecule has 4 rings (SSSR count). The summed E-state index contributed by atoms with van der Waals surface area (Å²) in [4.78, 5) is 16.2. The van der Waals surface area contributed by atoms with Crippen LogP contribution in [0.25, 0.3) is 22.4 Å². The SMILES string of the molecule is O=c1nc2oc(-c3cccc(O)c3)cc2cn1[C@H]1C[C@H](O)[C@@H](CO)O1. The van der Waals surface area contributed by atoms with E-state index in [2.05, 4.69) is 4.98 Å². The van der Waals surface area contributed by atoms with E-state index in [0.717, 1.165) is 0 Å². The first kappa shape index (κ1) is 15.8. The molecule has 0 spiro atoms. The Kier molecular flexibility index (Phi) is 3.79. The lowest BCUT2D eigenvalue weighted by Gasteiger charge is -2.13. The number of aromatic nitrogens is 2. The van der Waals surface area contributed by atoms with Gasteiger partial charge >= 0.3 is 5.69 Å². The Labute approximate surface area is 141 Å². The van der Waals surface area contributed by atoms with Crippen LogP contribution in [0.4, 0.5) is 0 Å². The van der Waals surface area contributed by atoms with Crippen LogP contribution in [0, 0.1) is 0 Å². The van der Waals surface area contributed by atoms with E-state index in [4.69, 9.17) is 9.15 Å². The van der Waals surface area contributed by atoms with Crippen LogP contribution in [0.15, 0.2) is 45.7 Å². The molecule has 1 aliphatic rings. The van der Waals surface area contributed by atoms with Gasteiger partial charge in [-0.25, -0.2) is 4.79 Å². The molecule has 1 aliphatic heterocycles. The zero-order valence-electron chi connectivity index (χ0n) is 13.1. The molecule has 130 valence electrons. The van der Waals surface area contributed by atoms with Crippen LogP contribution in [-0.4, -0.2) is 43.7 Å². The fourth-order valence-electron chi connectivity index (χ4n) is 2.98. The second-order valence-electron chi connectivity index (χ2n) is 5.97. The van der Waals surface area contributed by atoms with Crippen molar-refractivity contribution in [2.45, 2.75) is 24.9 Å². The number of hydrogen-bond acceptors (Lipinski definition) is 7. The molecule has 0 saturated carbocycles. The van der Waals surface area contributed by atoms with Crippen LogP contribution >= 0.6 is 0 Å². The van der Waals surface area contributed by atoms with E-state index in [-0.39, 0.29) is 24.5 Å². The summed E-state index contributed by atoms with van der Waals surface area (Å²) >= 11 is 0. The van der Waals surface area contributed by atoms with Gasteiger partial charge in [-0.2, -0.15) is 4.98 Å². The van der Waals surface area contributed by atoms with E-state index in [1.807, 2.05) is 0 Å². The Bertz CT molecular complexity index is 979. The molecule has 8 heteroatoms. The molecule has 0 bridgehead atoms. The number of aliphatic hydroxyl groups is 2. The van der Waals surface area contributed by atoms with Crippen LogP contribution in [0.1, 0.15) is 12.6 Å². The van der Waals surface area contributed by atoms with Crippen molar-refractivity contribution in [2.24, 2.45) is 0 Å². The number of hydrogen-bond donors (Lipinski definition) is 3. The highest BCUT2D eigenvalue weighted by Crippen LogP contribution is 2.31. The topological polar surface area (TPSA) is 118 Å². The van der Waals surface area contributed by atoms with E-state index in [1.54, 1.807) is 36.5 Å². The standard InChI is InChI=1S/C17H16N2O6/c20-8-14-12(22)6-15(24-14)19-7-10-5-13(25-16(10)18-17(19)23)9-2-1-3-11(21)4-9/h1-5,7,12,14-15,20-22H,6,8H2/t12-,14+,15+/m0/s1. The molecule has 3 atom stereocenters. The lowest BCUT2D eigenvalue weighted by molar-refractivity contribution is -0.0457.